The summed E-state index contributed by atoms with van der Waals surface area (Å²) in [6.45, 7) is 0. The van der Waals surface area contributed by atoms with Crippen LogP contribution >= 0.6 is 0 Å². The molecular formula is C22H21FN4O2. The van der Waals surface area contributed by atoms with Gasteiger partial charge in [-0.2, -0.15) is 4.39 Å². The van der Waals surface area contributed by atoms with Crippen molar-refractivity contribution in [3.05, 3.63) is 61.2 Å². The van der Waals surface area contributed by atoms with Gasteiger partial charge in [0.2, 0.25) is 5.95 Å². The van der Waals surface area contributed by atoms with E-state index in [4.69, 9.17) is 4.42 Å². The third-order valence-electron chi connectivity index (χ3n) is 5.43. The van der Waals surface area contributed by atoms with Crippen LogP contribution < -0.4 is 5.32 Å². The molecule has 0 unspecified atom stereocenters. The van der Waals surface area contributed by atoms with Crippen molar-refractivity contribution in [2.75, 3.05) is 5.32 Å². The van der Waals surface area contributed by atoms with E-state index in [1.807, 2.05) is 28.8 Å². The molecule has 0 radical (unpaired) electrons. The molecule has 0 bridgehead atoms. The van der Waals surface area contributed by atoms with Gasteiger partial charge in [0, 0.05) is 29.4 Å². The Morgan fingerprint density at radius 2 is 2.10 bits per heavy atom. The molecule has 0 saturated heterocycles. The molecule has 4 aromatic rings. The summed E-state index contributed by atoms with van der Waals surface area (Å²) in [6, 6.07) is 9.14. The molecule has 1 fully saturated rings. The number of hydrogen-bond acceptors (Lipinski definition) is 5. The average molecular weight is 392 g/mol. The number of pyridine rings is 2. The lowest BCUT2D eigenvalue weighted by molar-refractivity contribution is 0.124. The van der Waals surface area contributed by atoms with E-state index in [1.54, 1.807) is 18.5 Å². The molecule has 1 aliphatic rings. The van der Waals surface area contributed by atoms with Crippen LogP contribution in [0.2, 0.25) is 0 Å². The Morgan fingerprint density at radius 1 is 1.17 bits per heavy atom. The molecule has 4 heterocycles. The second-order valence-electron chi connectivity index (χ2n) is 7.53. The van der Waals surface area contributed by atoms with Crippen LogP contribution in [0.1, 0.15) is 25.7 Å². The number of fused-ring (bicyclic) bond motifs is 1. The third-order valence-corrected chi connectivity index (χ3v) is 5.43. The van der Waals surface area contributed by atoms with Gasteiger partial charge in [0.25, 0.3) is 0 Å². The molecule has 4 aromatic heterocycles. The monoisotopic (exact) mass is 392 g/mol. The molecule has 1 saturated carbocycles. The summed E-state index contributed by atoms with van der Waals surface area (Å²) in [6.07, 6.45) is 10.2. The summed E-state index contributed by atoms with van der Waals surface area (Å²) in [4.78, 5) is 8.43. The molecule has 2 atom stereocenters. The zero-order chi connectivity index (χ0) is 19.8. The van der Waals surface area contributed by atoms with Gasteiger partial charge in [-0.3, -0.25) is 4.40 Å². The Kier molecular flexibility index (Phi) is 4.52. The van der Waals surface area contributed by atoms with Crippen LogP contribution in [-0.4, -0.2) is 31.6 Å². The first kappa shape index (κ1) is 17.9. The van der Waals surface area contributed by atoms with Crippen molar-refractivity contribution in [1.29, 1.82) is 0 Å². The highest BCUT2D eigenvalue weighted by Gasteiger charge is 2.20. The van der Waals surface area contributed by atoms with E-state index < -0.39 is 5.95 Å². The van der Waals surface area contributed by atoms with Crippen LogP contribution in [0.3, 0.4) is 0 Å². The van der Waals surface area contributed by atoms with E-state index in [0.717, 1.165) is 48.3 Å². The summed E-state index contributed by atoms with van der Waals surface area (Å²) in [5, 5.41) is 13.4. The summed E-state index contributed by atoms with van der Waals surface area (Å²) in [5.41, 5.74) is 4.41. The molecular weight excluding hydrogens is 371 g/mol. The van der Waals surface area contributed by atoms with Crippen molar-refractivity contribution in [3.8, 4) is 22.5 Å². The van der Waals surface area contributed by atoms with E-state index in [-0.39, 0.29) is 12.1 Å². The maximum atomic E-state index is 14.2. The van der Waals surface area contributed by atoms with Crippen molar-refractivity contribution in [3.63, 3.8) is 0 Å². The summed E-state index contributed by atoms with van der Waals surface area (Å²) in [5.74, 6) is -0.556. The number of nitrogens with one attached hydrogen (secondary N) is 1. The Labute approximate surface area is 167 Å². The molecule has 7 heteroatoms. The van der Waals surface area contributed by atoms with Gasteiger partial charge in [-0.1, -0.05) is 0 Å². The lowest BCUT2D eigenvalue weighted by Crippen LogP contribution is -2.29. The van der Waals surface area contributed by atoms with Crippen LogP contribution in [0.25, 0.3) is 28.2 Å². The highest BCUT2D eigenvalue weighted by atomic mass is 19.1. The largest absolute Gasteiger partial charge is 0.472 e. The molecule has 148 valence electrons. The fraction of sp³-hybridized carbons (Fsp3) is 0.273. The van der Waals surface area contributed by atoms with Crippen LogP contribution in [0.5, 0.6) is 0 Å². The van der Waals surface area contributed by atoms with E-state index in [2.05, 4.69) is 15.3 Å². The van der Waals surface area contributed by atoms with E-state index in [1.165, 1.54) is 12.3 Å². The van der Waals surface area contributed by atoms with Gasteiger partial charge in [0.15, 0.2) is 0 Å². The lowest BCUT2D eigenvalue weighted by atomic mass is 9.93. The number of imidazole rings is 1. The minimum absolute atomic E-state index is 0.241. The first-order chi connectivity index (χ1) is 14.2. The quantitative estimate of drug-likeness (QED) is 0.500. The predicted molar refractivity (Wildman–Crippen MR) is 108 cm³/mol. The molecule has 0 spiro atoms. The number of halogens is 1. The zero-order valence-electron chi connectivity index (χ0n) is 15.8. The van der Waals surface area contributed by atoms with Crippen LogP contribution in [-0.2, 0) is 0 Å². The maximum Gasteiger partial charge on any atom is 0.214 e. The minimum atomic E-state index is -0.556. The molecule has 6 nitrogen and oxygen atoms in total. The maximum absolute atomic E-state index is 14.2. The van der Waals surface area contributed by atoms with Crippen molar-refractivity contribution in [1.82, 2.24) is 14.4 Å². The summed E-state index contributed by atoms with van der Waals surface area (Å²) >= 11 is 0. The van der Waals surface area contributed by atoms with Gasteiger partial charge in [-0.05, 0) is 49.9 Å². The number of anilines is 1. The smallest absolute Gasteiger partial charge is 0.214 e. The number of aliphatic hydroxyl groups excluding tert-OH is 1. The van der Waals surface area contributed by atoms with Crippen molar-refractivity contribution in [2.24, 2.45) is 0 Å². The van der Waals surface area contributed by atoms with Gasteiger partial charge in [-0.25, -0.2) is 9.97 Å². The highest BCUT2D eigenvalue weighted by molar-refractivity contribution is 5.70. The third kappa shape index (κ3) is 3.61. The van der Waals surface area contributed by atoms with Gasteiger partial charge in [-0.15, -0.1) is 0 Å². The van der Waals surface area contributed by atoms with E-state index >= 15 is 0 Å². The van der Waals surface area contributed by atoms with Gasteiger partial charge < -0.3 is 14.8 Å². The fourth-order valence-electron chi connectivity index (χ4n) is 4.01. The number of nitrogens with zero attached hydrogens (tertiary/aromatic N) is 3. The molecule has 2 N–H and O–H groups in total. The van der Waals surface area contributed by atoms with Gasteiger partial charge >= 0.3 is 0 Å². The first-order valence-electron chi connectivity index (χ1n) is 9.78. The molecule has 1 aliphatic carbocycles. The number of rotatable bonds is 4. The molecule has 29 heavy (non-hydrogen) atoms. The van der Waals surface area contributed by atoms with Crippen LogP contribution in [0, 0.1) is 5.95 Å². The summed E-state index contributed by atoms with van der Waals surface area (Å²) in [7, 11) is 0. The number of hydrogen-bond donors (Lipinski definition) is 2. The highest BCUT2D eigenvalue weighted by Crippen LogP contribution is 2.28. The molecule has 0 aromatic carbocycles. The standard InChI is InChI=1S/C22H21FN4O2/c23-21-9-15(8-19(26-21)14-6-7-29-13-14)20-11-24-22-5-4-17(12-27(20)22)25-16-2-1-3-18(28)10-16/h4-9,11-13,16,18,25,28H,1-3,10H2/t16-,18-/m0/s1. The normalized spacial score (nSPS) is 19.5. The van der Waals surface area contributed by atoms with E-state index in [9.17, 15) is 9.50 Å². The molecule has 0 amide bonds. The fourth-order valence-corrected chi connectivity index (χ4v) is 4.01. The molecule has 5 rings (SSSR count). The van der Waals surface area contributed by atoms with Crippen molar-refractivity contribution in [2.45, 2.75) is 37.8 Å². The summed E-state index contributed by atoms with van der Waals surface area (Å²) < 4.78 is 21.3. The number of aliphatic hydroxyl groups is 1. The van der Waals surface area contributed by atoms with Gasteiger partial charge in [0.1, 0.15) is 5.65 Å². The Hall–Kier alpha value is -3.19. The topological polar surface area (TPSA) is 75.6 Å². The Morgan fingerprint density at radius 3 is 2.93 bits per heavy atom. The second-order valence-corrected chi connectivity index (χ2v) is 7.53. The minimum Gasteiger partial charge on any atom is -0.472 e. The van der Waals surface area contributed by atoms with E-state index in [0.29, 0.717) is 11.3 Å². The Balaban J connectivity index is 1.51. The lowest BCUT2D eigenvalue weighted by Gasteiger charge is -2.27. The SMILES string of the molecule is O[C@H]1CCC[C@H](Nc2ccc3ncc(-c4cc(F)nc(-c5ccoc5)c4)n3c2)C1. The Bertz CT molecular complexity index is 1140. The van der Waals surface area contributed by atoms with Crippen molar-refractivity contribution >= 4 is 11.3 Å². The second kappa shape index (κ2) is 7.33. The van der Waals surface area contributed by atoms with Crippen LogP contribution in [0.15, 0.2) is 59.7 Å². The number of furan rings is 1. The first-order valence-corrected chi connectivity index (χ1v) is 9.78. The van der Waals surface area contributed by atoms with Gasteiger partial charge in [0.05, 0.1) is 41.9 Å². The molecule has 0 aliphatic heterocycles. The predicted octanol–water partition coefficient (Wildman–Crippen LogP) is 4.51. The number of aromatic nitrogens is 3. The average Bonchev–Trinajstić information content (AvgIpc) is 3.37. The van der Waals surface area contributed by atoms with Crippen molar-refractivity contribution < 1.29 is 13.9 Å². The zero-order valence-corrected chi connectivity index (χ0v) is 15.8. The van der Waals surface area contributed by atoms with Crippen LogP contribution in [0.4, 0.5) is 10.1 Å².